The molecule has 1 aliphatic rings. The van der Waals surface area contributed by atoms with Gasteiger partial charge in [0.15, 0.2) is 0 Å². The topological polar surface area (TPSA) is 77.8 Å². The number of hydrogen-bond acceptors (Lipinski definition) is 4. The van der Waals surface area contributed by atoms with E-state index < -0.39 is 17.7 Å². The van der Waals surface area contributed by atoms with Gasteiger partial charge < -0.3 is 10.2 Å². The Morgan fingerprint density at radius 2 is 2.36 bits per heavy atom. The van der Waals surface area contributed by atoms with Crippen molar-refractivity contribution in [1.29, 1.82) is 0 Å². The molecule has 0 saturated carbocycles. The predicted molar refractivity (Wildman–Crippen MR) is 52.0 cm³/mol. The van der Waals surface area contributed by atoms with E-state index in [1.54, 1.807) is 0 Å². The number of aliphatic carboxylic acids is 1. The van der Waals surface area contributed by atoms with Crippen molar-refractivity contribution in [3.63, 3.8) is 0 Å². The predicted octanol–water partition coefficient (Wildman–Crippen LogP) is -0.300. The van der Waals surface area contributed by atoms with Crippen molar-refractivity contribution in [2.75, 3.05) is 5.75 Å². The number of thiol groups is 1. The summed E-state index contributed by atoms with van der Waals surface area (Å²) in [5.41, 5.74) is -1.36. The Bertz CT molecular complexity index is 266. The molecule has 0 aromatic rings. The van der Waals surface area contributed by atoms with Crippen LogP contribution in [0.4, 0.5) is 0 Å². The average molecular weight is 219 g/mol. The number of carboxylic acid groups (broad SMARTS) is 1. The smallest absolute Gasteiger partial charge is 0.327 e. The molecule has 2 atom stereocenters. The van der Waals surface area contributed by atoms with E-state index >= 15 is 0 Å². The zero-order valence-electron chi connectivity index (χ0n) is 7.80. The number of likely N-dealkylation sites (tertiary alicyclic amines) is 1. The molecule has 14 heavy (non-hydrogen) atoms. The average Bonchev–Trinajstić information content (AvgIpc) is 2.32. The van der Waals surface area contributed by atoms with E-state index in [-0.39, 0.29) is 24.5 Å². The number of aliphatic hydroxyl groups is 1. The third kappa shape index (κ3) is 1.85. The van der Waals surface area contributed by atoms with Gasteiger partial charge in [0, 0.05) is 18.6 Å². The quantitative estimate of drug-likeness (QED) is 0.569. The molecule has 1 amide bonds. The highest BCUT2D eigenvalue weighted by atomic mass is 32.1. The van der Waals surface area contributed by atoms with E-state index in [9.17, 15) is 14.7 Å². The Morgan fingerprint density at radius 1 is 1.79 bits per heavy atom. The Hall–Kier alpha value is -0.750. The van der Waals surface area contributed by atoms with Crippen molar-refractivity contribution in [1.82, 2.24) is 4.90 Å². The highest BCUT2D eigenvalue weighted by molar-refractivity contribution is 7.80. The lowest BCUT2D eigenvalue weighted by Crippen LogP contribution is -2.53. The highest BCUT2D eigenvalue weighted by Crippen LogP contribution is 2.29. The van der Waals surface area contributed by atoms with Crippen molar-refractivity contribution in [3.05, 3.63) is 0 Å². The van der Waals surface area contributed by atoms with Crippen molar-refractivity contribution in [2.24, 2.45) is 0 Å². The molecule has 0 bridgehead atoms. The van der Waals surface area contributed by atoms with Gasteiger partial charge in [0.1, 0.15) is 11.8 Å². The molecular weight excluding hydrogens is 206 g/mol. The number of hydrogen-bond donors (Lipinski definition) is 3. The normalized spacial score (nSPS) is 29.4. The summed E-state index contributed by atoms with van der Waals surface area (Å²) in [7, 11) is 0. The van der Waals surface area contributed by atoms with E-state index in [4.69, 9.17) is 5.11 Å². The molecule has 1 fully saturated rings. The van der Waals surface area contributed by atoms with Crippen LogP contribution in [0.5, 0.6) is 0 Å². The summed E-state index contributed by atoms with van der Waals surface area (Å²) < 4.78 is 0. The van der Waals surface area contributed by atoms with Gasteiger partial charge in [0.2, 0.25) is 5.91 Å². The number of carboxylic acids is 1. The number of carbonyl (C=O) groups is 2. The number of amides is 1. The fourth-order valence-electron chi connectivity index (χ4n) is 1.63. The number of carbonyl (C=O) groups excluding carboxylic acids is 1. The van der Waals surface area contributed by atoms with E-state index in [0.29, 0.717) is 0 Å². The molecule has 1 heterocycles. The van der Waals surface area contributed by atoms with E-state index in [1.807, 2.05) is 0 Å². The Balaban J connectivity index is 2.93. The van der Waals surface area contributed by atoms with Crippen LogP contribution in [0, 0.1) is 0 Å². The third-order valence-corrected chi connectivity index (χ3v) is 2.72. The van der Waals surface area contributed by atoms with Gasteiger partial charge in [-0.25, -0.2) is 4.79 Å². The van der Waals surface area contributed by atoms with Crippen molar-refractivity contribution in [3.8, 4) is 0 Å². The van der Waals surface area contributed by atoms with Gasteiger partial charge in [0.05, 0.1) is 0 Å². The Morgan fingerprint density at radius 3 is 2.64 bits per heavy atom. The first-order chi connectivity index (χ1) is 6.40. The minimum Gasteiger partial charge on any atom is -0.480 e. The molecule has 2 N–H and O–H groups in total. The van der Waals surface area contributed by atoms with Gasteiger partial charge in [-0.1, -0.05) is 0 Å². The second-order valence-electron chi connectivity index (χ2n) is 3.52. The van der Waals surface area contributed by atoms with Crippen LogP contribution in [0.15, 0.2) is 0 Å². The molecule has 0 aliphatic carbocycles. The molecular formula is C8H13NO4S. The fraction of sp³-hybridized carbons (Fsp3) is 0.750. The maximum Gasteiger partial charge on any atom is 0.327 e. The second-order valence-corrected chi connectivity index (χ2v) is 3.88. The zero-order chi connectivity index (χ0) is 10.9. The lowest BCUT2D eigenvalue weighted by Gasteiger charge is -2.34. The maximum atomic E-state index is 11.4. The minimum absolute atomic E-state index is 0.00275. The zero-order valence-corrected chi connectivity index (χ0v) is 8.70. The van der Waals surface area contributed by atoms with Gasteiger partial charge in [-0.3, -0.25) is 9.69 Å². The van der Waals surface area contributed by atoms with Crippen LogP contribution in [0.1, 0.15) is 19.8 Å². The van der Waals surface area contributed by atoms with Gasteiger partial charge in [-0.15, -0.1) is 0 Å². The summed E-state index contributed by atoms with van der Waals surface area (Å²) in [4.78, 5) is 23.2. The Labute approximate surface area is 87.1 Å². The monoisotopic (exact) mass is 219 g/mol. The highest BCUT2D eigenvalue weighted by Gasteiger charge is 2.45. The van der Waals surface area contributed by atoms with Crippen LogP contribution in [0.2, 0.25) is 0 Å². The first-order valence-electron chi connectivity index (χ1n) is 4.28. The van der Waals surface area contributed by atoms with Crippen LogP contribution >= 0.6 is 12.6 Å². The van der Waals surface area contributed by atoms with Gasteiger partial charge in [-0.2, -0.15) is 12.6 Å². The standard InChI is InChI=1S/C8H13NO4S/c1-8(13)3-2-6(10)9(8)5(4-14)7(11)12/h5,13-14H,2-4H2,1H3,(H,11,12). The number of rotatable bonds is 3. The summed E-state index contributed by atoms with van der Waals surface area (Å²) in [5.74, 6) is -1.48. The maximum absolute atomic E-state index is 11.4. The van der Waals surface area contributed by atoms with E-state index in [0.717, 1.165) is 4.90 Å². The number of nitrogens with zero attached hydrogens (tertiary/aromatic N) is 1. The molecule has 6 heteroatoms. The van der Waals surface area contributed by atoms with Crippen LogP contribution < -0.4 is 0 Å². The van der Waals surface area contributed by atoms with Crippen LogP contribution in [-0.2, 0) is 9.59 Å². The summed E-state index contributed by atoms with van der Waals surface area (Å²) in [6.07, 6.45) is 0.452. The first kappa shape index (κ1) is 11.3. The SMILES string of the molecule is CC1(O)CCC(=O)N1C(CS)C(=O)O. The lowest BCUT2D eigenvalue weighted by molar-refractivity contribution is -0.162. The summed E-state index contributed by atoms with van der Waals surface area (Å²) in [5, 5.41) is 18.6. The van der Waals surface area contributed by atoms with Crippen molar-refractivity contribution in [2.45, 2.75) is 31.5 Å². The molecule has 0 spiro atoms. The molecule has 1 rings (SSSR count). The second kappa shape index (κ2) is 3.78. The molecule has 2 unspecified atom stereocenters. The van der Waals surface area contributed by atoms with Gasteiger partial charge in [-0.05, 0) is 6.92 Å². The van der Waals surface area contributed by atoms with Crippen LogP contribution in [-0.4, -0.2) is 44.5 Å². The van der Waals surface area contributed by atoms with Gasteiger partial charge >= 0.3 is 5.97 Å². The van der Waals surface area contributed by atoms with Crippen LogP contribution in [0.3, 0.4) is 0 Å². The molecule has 5 nitrogen and oxygen atoms in total. The van der Waals surface area contributed by atoms with Crippen molar-refractivity contribution >= 4 is 24.5 Å². The Kier molecular flexibility index (Phi) is 3.06. The summed E-state index contributed by atoms with van der Waals surface area (Å²) in [6, 6.07) is -1.05. The lowest BCUT2D eigenvalue weighted by atomic mass is 10.1. The van der Waals surface area contributed by atoms with E-state index in [1.165, 1.54) is 6.92 Å². The molecule has 80 valence electrons. The van der Waals surface area contributed by atoms with Crippen LogP contribution in [0.25, 0.3) is 0 Å². The largest absolute Gasteiger partial charge is 0.480 e. The molecule has 0 radical (unpaired) electrons. The molecule has 1 saturated heterocycles. The van der Waals surface area contributed by atoms with Gasteiger partial charge in [0.25, 0.3) is 0 Å². The molecule has 1 aliphatic heterocycles. The first-order valence-corrected chi connectivity index (χ1v) is 4.91. The minimum atomic E-state index is -1.36. The molecule has 0 aromatic carbocycles. The summed E-state index contributed by atoms with van der Waals surface area (Å²) >= 11 is 3.86. The summed E-state index contributed by atoms with van der Waals surface area (Å²) in [6.45, 7) is 1.44. The molecule has 0 aromatic heterocycles. The third-order valence-electron chi connectivity index (χ3n) is 2.37. The van der Waals surface area contributed by atoms with Crippen molar-refractivity contribution < 1.29 is 19.8 Å². The van der Waals surface area contributed by atoms with E-state index in [2.05, 4.69) is 12.6 Å². The fourth-order valence-corrected chi connectivity index (χ4v) is 1.95.